The molecule has 0 bridgehead atoms. The average Bonchev–Trinajstić information content (AvgIpc) is 2.19. The standard InChI is InChI=1S/C9H18BrNO2S/c1-2-3-9-4-6-11(7-5-9)14(12,13)8-10/h9H,2-8H2,1H3. The number of piperidine rings is 1. The minimum Gasteiger partial charge on any atom is -0.211 e. The highest BCUT2D eigenvalue weighted by atomic mass is 79.9. The predicted octanol–water partition coefficient (Wildman–Crippen LogP) is 2.18. The van der Waals surface area contributed by atoms with Crippen molar-refractivity contribution in [1.29, 1.82) is 0 Å². The summed E-state index contributed by atoms with van der Waals surface area (Å²) in [4.78, 5) is 0. The number of hydrogen-bond acceptors (Lipinski definition) is 2. The Bertz CT molecular complexity index is 258. The van der Waals surface area contributed by atoms with Crippen molar-refractivity contribution < 1.29 is 8.42 Å². The first-order valence-electron chi connectivity index (χ1n) is 5.14. The molecule has 1 aliphatic heterocycles. The van der Waals surface area contributed by atoms with Crippen molar-refractivity contribution in [3.8, 4) is 0 Å². The van der Waals surface area contributed by atoms with Gasteiger partial charge in [0.05, 0.1) is 0 Å². The quantitative estimate of drug-likeness (QED) is 0.742. The van der Waals surface area contributed by atoms with Crippen LogP contribution >= 0.6 is 15.9 Å². The van der Waals surface area contributed by atoms with Gasteiger partial charge < -0.3 is 0 Å². The minimum atomic E-state index is -3.01. The van der Waals surface area contributed by atoms with Gasteiger partial charge in [0.15, 0.2) is 0 Å². The average molecular weight is 284 g/mol. The molecule has 0 aromatic heterocycles. The summed E-state index contributed by atoms with van der Waals surface area (Å²) in [6.45, 7) is 3.60. The molecule has 1 saturated heterocycles. The normalized spacial score (nSPS) is 21.3. The number of alkyl halides is 1. The molecule has 0 aromatic carbocycles. The van der Waals surface area contributed by atoms with Gasteiger partial charge in [-0.1, -0.05) is 35.7 Å². The molecule has 1 aliphatic rings. The van der Waals surface area contributed by atoms with Gasteiger partial charge in [-0.2, -0.15) is 0 Å². The fourth-order valence-electron chi connectivity index (χ4n) is 1.95. The molecular formula is C9H18BrNO2S. The van der Waals surface area contributed by atoms with Crippen LogP contribution in [0.4, 0.5) is 0 Å². The molecule has 14 heavy (non-hydrogen) atoms. The molecule has 0 radical (unpaired) electrons. The van der Waals surface area contributed by atoms with Crippen LogP contribution in [0.1, 0.15) is 32.6 Å². The van der Waals surface area contributed by atoms with E-state index in [4.69, 9.17) is 0 Å². The molecule has 0 atom stereocenters. The summed E-state index contributed by atoms with van der Waals surface area (Å²) in [5.74, 6) is 0.738. The lowest BCUT2D eigenvalue weighted by Crippen LogP contribution is -2.38. The Balaban J connectivity index is 2.43. The highest BCUT2D eigenvalue weighted by Gasteiger charge is 2.26. The third-order valence-corrected chi connectivity index (χ3v) is 5.97. The minimum absolute atomic E-state index is 0.0540. The van der Waals surface area contributed by atoms with Gasteiger partial charge in [-0.15, -0.1) is 0 Å². The summed E-state index contributed by atoms with van der Waals surface area (Å²) in [5.41, 5.74) is 0. The van der Waals surface area contributed by atoms with Gasteiger partial charge in [-0.3, -0.25) is 0 Å². The van der Waals surface area contributed by atoms with Gasteiger partial charge in [0.1, 0.15) is 4.66 Å². The van der Waals surface area contributed by atoms with Crippen LogP contribution in [0.25, 0.3) is 0 Å². The van der Waals surface area contributed by atoms with Gasteiger partial charge in [0.25, 0.3) is 0 Å². The van der Waals surface area contributed by atoms with Gasteiger partial charge in [-0.25, -0.2) is 12.7 Å². The maximum Gasteiger partial charge on any atom is 0.224 e. The zero-order valence-electron chi connectivity index (χ0n) is 8.58. The summed E-state index contributed by atoms with van der Waals surface area (Å²) in [5, 5.41) is 0. The van der Waals surface area contributed by atoms with Crippen molar-refractivity contribution in [2.24, 2.45) is 5.92 Å². The SMILES string of the molecule is CCCC1CCN(S(=O)(=O)CBr)CC1. The summed E-state index contributed by atoms with van der Waals surface area (Å²) in [6, 6.07) is 0. The zero-order chi connectivity index (χ0) is 10.6. The molecule has 5 heteroatoms. The number of sulfonamides is 1. The number of hydrogen-bond donors (Lipinski definition) is 0. The molecule has 0 unspecified atom stereocenters. The van der Waals surface area contributed by atoms with Crippen LogP contribution in [-0.2, 0) is 10.0 Å². The number of halogens is 1. The molecule has 0 aliphatic carbocycles. The number of rotatable bonds is 4. The molecule has 1 heterocycles. The molecule has 1 fully saturated rings. The fraction of sp³-hybridized carbons (Fsp3) is 1.00. The van der Waals surface area contributed by atoms with E-state index in [9.17, 15) is 8.42 Å². The largest absolute Gasteiger partial charge is 0.224 e. The molecule has 0 amide bonds. The van der Waals surface area contributed by atoms with E-state index in [-0.39, 0.29) is 4.66 Å². The van der Waals surface area contributed by atoms with Gasteiger partial charge in [-0.05, 0) is 18.8 Å². The second-order valence-corrected chi connectivity index (χ2v) is 7.12. The highest BCUT2D eigenvalue weighted by Crippen LogP contribution is 2.23. The van der Waals surface area contributed by atoms with Crippen molar-refractivity contribution in [3.05, 3.63) is 0 Å². The summed E-state index contributed by atoms with van der Waals surface area (Å²) >= 11 is 3.02. The molecular weight excluding hydrogens is 266 g/mol. The van der Waals surface area contributed by atoms with E-state index < -0.39 is 10.0 Å². The third kappa shape index (κ3) is 3.21. The monoisotopic (exact) mass is 283 g/mol. The van der Waals surface area contributed by atoms with E-state index in [0.29, 0.717) is 13.1 Å². The van der Waals surface area contributed by atoms with E-state index in [0.717, 1.165) is 18.8 Å². The van der Waals surface area contributed by atoms with E-state index in [1.165, 1.54) is 12.8 Å². The maximum atomic E-state index is 11.5. The third-order valence-electron chi connectivity index (χ3n) is 2.80. The lowest BCUT2D eigenvalue weighted by atomic mass is 9.94. The highest BCUT2D eigenvalue weighted by molar-refractivity contribution is 9.10. The summed E-state index contributed by atoms with van der Waals surface area (Å²) in [7, 11) is -3.01. The second kappa shape index (κ2) is 5.47. The van der Waals surface area contributed by atoms with Crippen molar-refractivity contribution in [1.82, 2.24) is 4.31 Å². The molecule has 0 N–H and O–H groups in total. The molecule has 0 spiro atoms. The maximum absolute atomic E-state index is 11.5. The van der Waals surface area contributed by atoms with Crippen LogP contribution < -0.4 is 0 Å². The molecule has 84 valence electrons. The first-order valence-corrected chi connectivity index (χ1v) is 7.87. The van der Waals surface area contributed by atoms with E-state index in [1.807, 2.05) is 0 Å². The summed E-state index contributed by atoms with van der Waals surface area (Å²) in [6.07, 6.45) is 4.50. The first kappa shape index (κ1) is 12.5. The van der Waals surface area contributed by atoms with Crippen molar-refractivity contribution in [2.45, 2.75) is 32.6 Å². The Morgan fingerprint density at radius 1 is 1.36 bits per heavy atom. The van der Waals surface area contributed by atoms with Crippen LogP contribution in [0, 0.1) is 5.92 Å². The number of nitrogens with zero attached hydrogens (tertiary/aromatic N) is 1. The lowest BCUT2D eigenvalue weighted by Gasteiger charge is -2.30. The predicted molar refractivity (Wildman–Crippen MR) is 61.9 cm³/mol. The topological polar surface area (TPSA) is 37.4 Å². The smallest absolute Gasteiger partial charge is 0.211 e. The van der Waals surface area contributed by atoms with Gasteiger partial charge in [0, 0.05) is 13.1 Å². The Kier molecular flexibility index (Phi) is 4.87. The van der Waals surface area contributed by atoms with Crippen LogP contribution in [-0.4, -0.2) is 30.5 Å². The first-order chi connectivity index (χ1) is 6.60. The van der Waals surface area contributed by atoms with Crippen LogP contribution in [0.5, 0.6) is 0 Å². The molecule has 3 nitrogen and oxygen atoms in total. The fourth-order valence-corrected chi connectivity index (χ4v) is 3.73. The van der Waals surface area contributed by atoms with Crippen molar-refractivity contribution in [2.75, 3.05) is 17.8 Å². The van der Waals surface area contributed by atoms with E-state index in [2.05, 4.69) is 22.9 Å². The zero-order valence-corrected chi connectivity index (χ0v) is 11.0. The molecule has 1 rings (SSSR count). The second-order valence-electron chi connectivity index (χ2n) is 3.85. The van der Waals surface area contributed by atoms with E-state index >= 15 is 0 Å². The van der Waals surface area contributed by atoms with Crippen LogP contribution in [0.15, 0.2) is 0 Å². The van der Waals surface area contributed by atoms with Crippen LogP contribution in [0.2, 0.25) is 0 Å². The van der Waals surface area contributed by atoms with E-state index in [1.54, 1.807) is 4.31 Å². The Labute approximate surface area is 95.0 Å². The molecule has 0 aromatic rings. The molecule has 0 saturated carbocycles. The lowest BCUT2D eigenvalue weighted by molar-refractivity contribution is 0.263. The van der Waals surface area contributed by atoms with Gasteiger partial charge >= 0.3 is 0 Å². The Morgan fingerprint density at radius 2 is 1.93 bits per heavy atom. The van der Waals surface area contributed by atoms with Crippen molar-refractivity contribution >= 4 is 26.0 Å². The Morgan fingerprint density at radius 3 is 2.36 bits per heavy atom. The van der Waals surface area contributed by atoms with Crippen LogP contribution in [0.3, 0.4) is 0 Å². The van der Waals surface area contributed by atoms with Gasteiger partial charge in [0.2, 0.25) is 10.0 Å². The Hall–Kier alpha value is 0.390. The van der Waals surface area contributed by atoms with Crippen molar-refractivity contribution in [3.63, 3.8) is 0 Å². The summed E-state index contributed by atoms with van der Waals surface area (Å²) < 4.78 is 24.7.